The van der Waals surface area contributed by atoms with E-state index in [0.717, 1.165) is 16.5 Å². The summed E-state index contributed by atoms with van der Waals surface area (Å²) in [6.07, 6.45) is 0. The number of aromatic carboxylic acids is 1. The van der Waals surface area contributed by atoms with E-state index in [-0.39, 0.29) is 22.9 Å². The third-order valence-electron chi connectivity index (χ3n) is 3.80. The van der Waals surface area contributed by atoms with Crippen molar-refractivity contribution in [1.82, 2.24) is 0 Å². The second-order valence-corrected chi connectivity index (χ2v) is 5.91. The van der Waals surface area contributed by atoms with Crippen LogP contribution in [0.25, 0.3) is 10.8 Å². The van der Waals surface area contributed by atoms with Gasteiger partial charge in [-0.1, -0.05) is 41.9 Å². The highest BCUT2D eigenvalue weighted by atomic mass is 35.5. The minimum absolute atomic E-state index is 0.0339. The van der Waals surface area contributed by atoms with Crippen LogP contribution >= 0.6 is 11.6 Å². The molecule has 5 nitrogen and oxygen atoms in total. The Morgan fingerprint density at radius 2 is 1.73 bits per heavy atom. The van der Waals surface area contributed by atoms with E-state index in [9.17, 15) is 4.79 Å². The third-order valence-corrected chi connectivity index (χ3v) is 4.08. The molecule has 0 aliphatic carbocycles. The van der Waals surface area contributed by atoms with Crippen molar-refractivity contribution in [3.63, 3.8) is 0 Å². The lowest BCUT2D eigenvalue weighted by Gasteiger charge is -2.14. The summed E-state index contributed by atoms with van der Waals surface area (Å²) in [4.78, 5) is 11.1. The van der Waals surface area contributed by atoms with Crippen LogP contribution in [0.2, 0.25) is 5.02 Å². The fraction of sp³-hybridized carbons (Fsp3) is 0.150. The lowest BCUT2D eigenvalue weighted by atomic mass is 10.1. The van der Waals surface area contributed by atoms with E-state index in [1.54, 1.807) is 0 Å². The van der Waals surface area contributed by atoms with Gasteiger partial charge in [0.05, 0.1) is 17.7 Å². The molecule has 26 heavy (non-hydrogen) atoms. The number of benzene rings is 3. The molecule has 3 aromatic rings. The molecule has 134 valence electrons. The maximum absolute atomic E-state index is 11.1. The first-order valence-electron chi connectivity index (χ1n) is 7.93. The number of rotatable bonds is 7. The van der Waals surface area contributed by atoms with Gasteiger partial charge in [0.1, 0.15) is 19.0 Å². The second-order valence-electron chi connectivity index (χ2n) is 5.50. The van der Waals surface area contributed by atoms with E-state index in [1.165, 1.54) is 19.2 Å². The summed E-state index contributed by atoms with van der Waals surface area (Å²) >= 11 is 6.11. The number of halogens is 1. The molecular formula is C20H17ClO5. The second kappa shape index (κ2) is 7.97. The number of hydrogen-bond acceptors (Lipinski definition) is 4. The SMILES string of the molecule is COc1cc(C(=O)O)cc(Cl)c1OCCOc1ccc2ccccc2c1. The van der Waals surface area contributed by atoms with Crippen LogP contribution in [0, 0.1) is 0 Å². The molecular weight excluding hydrogens is 356 g/mol. The van der Waals surface area contributed by atoms with E-state index < -0.39 is 5.97 Å². The van der Waals surface area contributed by atoms with E-state index in [0.29, 0.717) is 12.4 Å². The predicted octanol–water partition coefficient (Wildman–Crippen LogP) is 4.66. The van der Waals surface area contributed by atoms with Crippen LogP contribution in [0.4, 0.5) is 0 Å². The maximum atomic E-state index is 11.1. The van der Waals surface area contributed by atoms with Crippen molar-refractivity contribution in [2.24, 2.45) is 0 Å². The maximum Gasteiger partial charge on any atom is 0.335 e. The van der Waals surface area contributed by atoms with Crippen molar-refractivity contribution in [3.8, 4) is 17.2 Å². The molecule has 0 aliphatic rings. The highest BCUT2D eigenvalue weighted by molar-refractivity contribution is 6.32. The summed E-state index contributed by atoms with van der Waals surface area (Å²) in [7, 11) is 1.43. The van der Waals surface area contributed by atoms with Gasteiger partial charge in [0.2, 0.25) is 0 Å². The summed E-state index contributed by atoms with van der Waals surface area (Å²) < 4.78 is 16.5. The first-order chi connectivity index (χ1) is 12.6. The monoisotopic (exact) mass is 372 g/mol. The Labute approximate surface area is 155 Å². The molecule has 0 aliphatic heterocycles. The van der Waals surface area contributed by atoms with Gasteiger partial charge in [-0.15, -0.1) is 0 Å². The molecule has 0 heterocycles. The zero-order valence-electron chi connectivity index (χ0n) is 14.1. The van der Waals surface area contributed by atoms with Crippen molar-refractivity contribution in [2.75, 3.05) is 20.3 Å². The van der Waals surface area contributed by atoms with Crippen molar-refractivity contribution in [3.05, 3.63) is 65.2 Å². The molecule has 0 saturated carbocycles. The average molecular weight is 373 g/mol. The zero-order chi connectivity index (χ0) is 18.5. The van der Waals surface area contributed by atoms with Gasteiger partial charge in [-0.2, -0.15) is 0 Å². The molecule has 0 spiro atoms. The Morgan fingerprint density at radius 3 is 2.46 bits per heavy atom. The van der Waals surface area contributed by atoms with E-state index in [4.69, 9.17) is 30.9 Å². The van der Waals surface area contributed by atoms with Crippen LogP contribution in [-0.2, 0) is 0 Å². The number of hydrogen-bond donors (Lipinski definition) is 1. The minimum atomic E-state index is -1.09. The smallest absolute Gasteiger partial charge is 0.335 e. The molecule has 3 rings (SSSR count). The molecule has 0 unspecified atom stereocenters. The molecule has 6 heteroatoms. The van der Waals surface area contributed by atoms with Crippen LogP contribution in [-0.4, -0.2) is 31.4 Å². The highest BCUT2D eigenvalue weighted by Gasteiger charge is 2.15. The Bertz CT molecular complexity index is 939. The van der Waals surface area contributed by atoms with Gasteiger partial charge < -0.3 is 19.3 Å². The van der Waals surface area contributed by atoms with Crippen molar-refractivity contribution in [1.29, 1.82) is 0 Å². The van der Waals surface area contributed by atoms with Crippen LogP contribution in [0.1, 0.15) is 10.4 Å². The quantitative estimate of drug-likeness (QED) is 0.611. The lowest BCUT2D eigenvalue weighted by molar-refractivity contribution is 0.0696. The van der Waals surface area contributed by atoms with Crippen molar-refractivity contribution in [2.45, 2.75) is 0 Å². The van der Waals surface area contributed by atoms with Crippen LogP contribution in [0.15, 0.2) is 54.6 Å². The molecule has 0 atom stereocenters. The number of fused-ring (bicyclic) bond motifs is 1. The summed E-state index contributed by atoms with van der Waals surface area (Å²) in [5, 5.41) is 11.5. The van der Waals surface area contributed by atoms with Gasteiger partial charge in [-0.05, 0) is 35.0 Å². The van der Waals surface area contributed by atoms with E-state index >= 15 is 0 Å². The largest absolute Gasteiger partial charge is 0.493 e. The average Bonchev–Trinajstić information content (AvgIpc) is 2.65. The molecule has 0 aromatic heterocycles. The van der Waals surface area contributed by atoms with Crippen LogP contribution in [0.5, 0.6) is 17.2 Å². The molecule has 0 amide bonds. The Kier molecular flexibility index (Phi) is 5.49. The fourth-order valence-electron chi connectivity index (χ4n) is 2.54. The summed E-state index contributed by atoms with van der Waals surface area (Å²) in [5.41, 5.74) is 0.0339. The predicted molar refractivity (Wildman–Crippen MR) is 99.9 cm³/mol. The van der Waals surface area contributed by atoms with Gasteiger partial charge in [0, 0.05) is 0 Å². The lowest BCUT2D eigenvalue weighted by Crippen LogP contribution is -2.10. The minimum Gasteiger partial charge on any atom is -0.493 e. The molecule has 0 radical (unpaired) electrons. The fourth-order valence-corrected chi connectivity index (χ4v) is 2.81. The van der Waals surface area contributed by atoms with Gasteiger partial charge in [0.15, 0.2) is 11.5 Å². The molecule has 1 N–H and O–H groups in total. The van der Waals surface area contributed by atoms with E-state index in [2.05, 4.69) is 0 Å². The number of methoxy groups -OCH3 is 1. The Hall–Kier alpha value is -2.92. The highest BCUT2D eigenvalue weighted by Crippen LogP contribution is 2.36. The van der Waals surface area contributed by atoms with Crippen molar-refractivity contribution < 1.29 is 24.1 Å². The van der Waals surface area contributed by atoms with Crippen molar-refractivity contribution >= 4 is 28.3 Å². The van der Waals surface area contributed by atoms with Gasteiger partial charge in [-0.3, -0.25) is 0 Å². The summed E-state index contributed by atoms with van der Waals surface area (Å²) in [5.74, 6) is 0.213. The van der Waals surface area contributed by atoms with Crippen LogP contribution in [0.3, 0.4) is 0 Å². The molecule has 0 bridgehead atoms. The van der Waals surface area contributed by atoms with Crippen LogP contribution < -0.4 is 14.2 Å². The first-order valence-corrected chi connectivity index (χ1v) is 8.31. The first kappa shape index (κ1) is 17.9. The zero-order valence-corrected chi connectivity index (χ0v) is 14.8. The Balaban J connectivity index is 1.63. The van der Waals surface area contributed by atoms with Gasteiger partial charge >= 0.3 is 5.97 Å². The number of carboxylic acid groups (broad SMARTS) is 1. The summed E-state index contributed by atoms with van der Waals surface area (Å²) in [6.45, 7) is 0.536. The normalized spacial score (nSPS) is 10.5. The number of carbonyl (C=O) groups is 1. The number of carboxylic acids is 1. The van der Waals surface area contributed by atoms with E-state index in [1.807, 2.05) is 42.5 Å². The molecule has 0 saturated heterocycles. The molecule has 3 aromatic carbocycles. The standard InChI is InChI=1S/C20H17ClO5/c1-24-18-12-15(20(22)23)11-17(21)19(18)26-9-8-25-16-7-6-13-4-2-3-5-14(13)10-16/h2-7,10-12H,8-9H2,1H3,(H,22,23). The topological polar surface area (TPSA) is 65.0 Å². The Morgan fingerprint density at radius 1 is 1.00 bits per heavy atom. The third kappa shape index (κ3) is 4.00. The summed E-state index contributed by atoms with van der Waals surface area (Å²) in [6, 6.07) is 16.6. The van der Waals surface area contributed by atoms with Gasteiger partial charge in [0.25, 0.3) is 0 Å². The number of ether oxygens (including phenoxy) is 3. The molecule has 0 fully saturated rings. The van der Waals surface area contributed by atoms with Gasteiger partial charge in [-0.25, -0.2) is 4.79 Å².